The van der Waals surface area contributed by atoms with E-state index >= 15 is 0 Å². The second kappa shape index (κ2) is 14.2. The normalized spacial score (nSPS) is 15.3. The Kier molecular flexibility index (Phi) is 13.4. The van der Waals surface area contributed by atoms with Gasteiger partial charge in [-0.25, -0.2) is 4.79 Å². The fourth-order valence-electron chi connectivity index (χ4n) is 2.05. The zero-order valence-electron chi connectivity index (χ0n) is 15.0. The van der Waals surface area contributed by atoms with E-state index in [9.17, 15) is 4.79 Å². The van der Waals surface area contributed by atoms with Crippen molar-refractivity contribution in [2.75, 3.05) is 14.2 Å². The van der Waals surface area contributed by atoms with E-state index in [-0.39, 0.29) is 18.2 Å². The van der Waals surface area contributed by atoms with E-state index in [4.69, 9.17) is 9.84 Å². The SMILES string of the molecule is COC(=O)/C(C)=C/C=C/C[C@@H](CC/C=C/CCC[C@H](C)O)OC. The highest BCUT2D eigenvalue weighted by Crippen LogP contribution is 2.09. The van der Waals surface area contributed by atoms with E-state index < -0.39 is 0 Å². The Morgan fingerprint density at radius 1 is 1.13 bits per heavy atom. The van der Waals surface area contributed by atoms with E-state index in [1.54, 1.807) is 20.1 Å². The molecule has 0 heterocycles. The van der Waals surface area contributed by atoms with Crippen LogP contribution in [0, 0.1) is 0 Å². The van der Waals surface area contributed by atoms with Gasteiger partial charge in [0.1, 0.15) is 0 Å². The first-order valence-electron chi connectivity index (χ1n) is 8.28. The molecule has 0 aromatic carbocycles. The van der Waals surface area contributed by atoms with Gasteiger partial charge >= 0.3 is 5.97 Å². The highest BCUT2D eigenvalue weighted by atomic mass is 16.5. The molecular weight excluding hydrogens is 292 g/mol. The number of hydrogen-bond donors (Lipinski definition) is 1. The maximum atomic E-state index is 11.2. The third kappa shape index (κ3) is 12.8. The summed E-state index contributed by atoms with van der Waals surface area (Å²) in [7, 11) is 3.10. The molecule has 0 radical (unpaired) electrons. The number of rotatable bonds is 12. The van der Waals surface area contributed by atoms with Crippen molar-refractivity contribution < 1.29 is 19.4 Å². The largest absolute Gasteiger partial charge is 0.466 e. The number of ether oxygens (including phenoxy) is 2. The Morgan fingerprint density at radius 3 is 2.43 bits per heavy atom. The van der Waals surface area contributed by atoms with Crippen LogP contribution in [-0.2, 0) is 14.3 Å². The Balaban J connectivity index is 3.94. The highest BCUT2D eigenvalue weighted by Gasteiger charge is 2.03. The van der Waals surface area contributed by atoms with Crippen LogP contribution in [0.1, 0.15) is 52.4 Å². The second-order valence-electron chi connectivity index (χ2n) is 5.69. The Labute approximate surface area is 140 Å². The molecule has 0 aliphatic heterocycles. The number of aliphatic hydroxyl groups is 1. The fraction of sp³-hybridized carbons (Fsp3) is 0.632. The Bertz CT molecular complexity index is 394. The minimum absolute atomic E-state index is 0.181. The van der Waals surface area contributed by atoms with E-state index in [0.717, 1.165) is 38.5 Å². The molecule has 4 heteroatoms. The van der Waals surface area contributed by atoms with Crippen molar-refractivity contribution in [3.8, 4) is 0 Å². The number of methoxy groups -OCH3 is 2. The molecule has 4 nitrogen and oxygen atoms in total. The molecule has 0 amide bonds. The third-order valence-electron chi connectivity index (χ3n) is 3.54. The maximum absolute atomic E-state index is 11.2. The summed E-state index contributed by atoms with van der Waals surface area (Å²) in [6, 6.07) is 0. The van der Waals surface area contributed by atoms with E-state index in [1.807, 2.05) is 19.1 Å². The molecule has 0 spiro atoms. The summed E-state index contributed by atoms with van der Waals surface area (Å²) in [6.07, 6.45) is 15.6. The predicted octanol–water partition coefficient (Wildman–Crippen LogP) is 3.95. The Morgan fingerprint density at radius 2 is 1.83 bits per heavy atom. The van der Waals surface area contributed by atoms with Gasteiger partial charge < -0.3 is 14.6 Å². The lowest BCUT2D eigenvalue weighted by molar-refractivity contribution is -0.136. The molecule has 0 unspecified atom stereocenters. The number of unbranched alkanes of at least 4 members (excludes halogenated alkanes) is 1. The van der Waals surface area contributed by atoms with Crippen LogP contribution in [0.15, 0.2) is 36.0 Å². The summed E-state index contributed by atoms with van der Waals surface area (Å²) in [5.74, 6) is -0.307. The number of hydrogen-bond acceptors (Lipinski definition) is 4. The lowest BCUT2D eigenvalue weighted by atomic mass is 10.1. The maximum Gasteiger partial charge on any atom is 0.333 e. The van der Waals surface area contributed by atoms with Crippen molar-refractivity contribution in [3.05, 3.63) is 36.0 Å². The number of esters is 1. The van der Waals surface area contributed by atoms with Gasteiger partial charge in [0, 0.05) is 12.7 Å². The summed E-state index contributed by atoms with van der Waals surface area (Å²) in [5, 5.41) is 9.16. The molecule has 0 aliphatic rings. The smallest absolute Gasteiger partial charge is 0.333 e. The van der Waals surface area contributed by atoms with Crippen LogP contribution in [0.5, 0.6) is 0 Å². The van der Waals surface area contributed by atoms with E-state index in [1.165, 1.54) is 7.11 Å². The van der Waals surface area contributed by atoms with Gasteiger partial charge in [-0.2, -0.15) is 0 Å². The minimum Gasteiger partial charge on any atom is -0.466 e. The fourth-order valence-corrected chi connectivity index (χ4v) is 2.05. The van der Waals surface area contributed by atoms with Crippen molar-refractivity contribution >= 4 is 5.97 Å². The summed E-state index contributed by atoms with van der Waals surface area (Å²) in [6.45, 7) is 3.55. The van der Waals surface area contributed by atoms with Gasteiger partial charge in [-0.3, -0.25) is 0 Å². The van der Waals surface area contributed by atoms with Crippen LogP contribution in [-0.4, -0.2) is 37.5 Å². The molecule has 0 aromatic heterocycles. The Hall–Kier alpha value is -1.39. The van der Waals surface area contributed by atoms with Crippen molar-refractivity contribution in [1.82, 2.24) is 0 Å². The van der Waals surface area contributed by atoms with E-state index in [0.29, 0.717) is 5.57 Å². The molecule has 0 aromatic rings. The molecule has 0 aliphatic carbocycles. The molecule has 0 rings (SSSR count). The minimum atomic E-state index is -0.307. The van der Waals surface area contributed by atoms with E-state index in [2.05, 4.69) is 16.9 Å². The van der Waals surface area contributed by atoms with Crippen LogP contribution >= 0.6 is 0 Å². The molecule has 132 valence electrons. The average Bonchev–Trinajstić information content (AvgIpc) is 2.54. The van der Waals surface area contributed by atoms with Crippen molar-refractivity contribution in [2.24, 2.45) is 0 Å². The third-order valence-corrected chi connectivity index (χ3v) is 3.54. The number of aliphatic hydroxyl groups excluding tert-OH is 1. The van der Waals surface area contributed by atoms with Crippen LogP contribution in [0.25, 0.3) is 0 Å². The first kappa shape index (κ1) is 21.6. The highest BCUT2D eigenvalue weighted by molar-refractivity contribution is 5.87. The van der Waals surface area contributed by atoms with Gasteiger partial charge in [0.25, 0.3) is 0 Å². The van der Waals surface area contributed by atoms with Crippen LogP contribution in [0.4, 0.5) is 0 Å². The standard InChI is InChI=1S/C19H32O4/c1-16(19(21)23-4)12-10-11-15-18(22-3)14-9-7-5-6-8-13-17(2)20/h5,7,10-12,17-18,20H,6,8-9,13-15H2,1-4H3/b7-5+,11-10+,16-12+/t17-,18+/m0/s1. The molecule has 0 bridgehead atoms. The first-order valence-corrected chi connectivity index (χ1v) is 8.28. The van der Waals surface area contributed by atoms with Gasteiger partial charge in [-0.15, -0.1) is 0 Å². The second-order valence-corrected chi connectivity index (χ2v) is 5.69. The lowest BCUT2D eigenvalue weighted by Crippen LogP contribution is -2.08. The molecule has 0 saturated heterocycles. The molecular formula is C19H32O4. The average molecular weight is 324 g/mol. The molecule has 0 fully saturated rings. The molecule has 1 N–H and O–H groups in total. The van der Waals surface area contributed by atoms with Gasteiger partial charge in [0.05, 0.1) is 19.3 Å². The van der Waals surface area contributed by atoms with Gasteiger partial charge in [-0.1, -0.05) is 30.4 Å². The van der Waals surface area contributed by atoms with Crippen molar-refractivity contribution in [3.63, 3.8) is 0 Å². The summed E-state index contributed by atoms with van der Waals surface area (Å²) in [5.41, 5.74) is 0.581. The van der Waals surface area contributed by atoms with Gasteiger partial charge in [0.15, 0.2) is 0 Å². The first-order chi connectivity index (χ1) is 11.0. The summed E-state index contributed by atoms with van der Waals surface area (Å²) >= 11 is 0. The molecule has 23 heavy (non-hydrogen) atoms. The van der Waals surface area contributed by atoms with Crippen molar-refractivity contribution in [1.29, 1.82) is 0 Å². The van der Waals surface area contributed by atoms with Gasteiger partial charge in [-0.05, 0) is 52.4 Å². The number of carbonyl (C=O) groups is 1. The summed E-state index contributed by atoms with van der Waals surface area (Å²) < 4.78 is 10.1. The topological polar surface area (TPSA) is 55.8 Å². The number of carbonyl (C=O) groups excluding carboxylic acids is 1. The van der Waals surface area contributed by atoms with Gasteiger partial charge in [0.2, 0.25) is 0 Å². The monoisotopic (exact) mass is 324 g/mol. The predicted molar refractivity (Wildman–Crippen MR) is 94.2 cm³/mol. The lowest BCUT2D eigenvalue weighted by Gasteiger charge is -2.11. The van der Waals surface area contributed by atoms with Crippen molar-refractivity contribution in [2.45, 2.75) is 64.6 Å². The zero-order valence-corrected chi connectivity index (χ0v) is 15.0. The number of allylic oxidation sites excluding steroid dienone is 4. The van der Waals surface area contributed by atoms with Crippen LogP contribution in [0.2, 0.25) is 0 Å². The zero-order chi connectivity index (χ0) is 17.5. The quantitative estimate of drug-likeness (QED) is 0.194. The molecule has 0 saturated carbocycles. The van der Waals surface area contributed by atoms with Crippen LogP contribution < -0.4 is 0 Å². The van der Waals surface area contributed by atoms with Crippen LogP contribution in [0.3, 0.4) is 0 Å². The summed E-state index contributed by atoms with van der Waals surface area (Å²) in [4.78, 5) is 11.2. The molecule has 2 atom stereocenters.